The van der Waals surface area contributed by atoms with Gasteiger partial charge in [0.05, 0.1) is 18.7 Å². The first-order valence-corrected chi connectivity index (χ1v) is 6.45. The molecule has 0 aliphatic carbocycles. The number of aliphatic hydroxyl groups excluding tert-OH is 1. The second-order valence-electron chi connectivity index (χ2n) is 5.29. The lowest BCUT2D eigenvalue weighted by Crippen LogP contribution is -2.49. The van der Waals surface area contributed by atoms with E-state index in [2.05, 4.69) is 11.4 Å². The monoisotopic (exact) mass is 254 g/mol. The van der Waals surface area contributed by atoms with E-state index in [1.54, 1.807) is 0 Å². The number of nitriles is 1. The summed E-state index contributed by atoms with van der Waals surface area (Å²) in [6.07, 6.45) is 1.56. The van der Waals surface area contributed by atoms with E-state index < -0.39 is 5.41 Å². The molecular weight excluding hydrogens is 232 g/mol. The normalized spacial score (nSPS) is 20.2. The Morgan fingerprint density at radius 1 is 1.50 bits per heavy atom. The van der Waals surface area contributed by atoms with Crippen molar-refractivity contribution in [3.8, 4) is 6.07 Å². The molecule has 1 heterocycles. The summed E-state index contributed by atoms with van der Waals surface area (Å²) in [6, 6.07) is 1.85. The van der Waals surface area contributed by atoms with E-state index in [0.29, 0.717) is 38.4 Å². The smallest absolute Gasteiger partial charge is 0.240 e. The first-order valence-electron chi connectivity index (χ1n) is 6.45. The first-order chi connectivity index (χ1) is 8.54. The van der Waals surface area contributed by atoms with E-state index in [9.17, 15) is 15.2 Å². The summed E-state index contributed by atoms with van der Waals surface area (Å²) in [4.78, 5) is 12.2. The number of hydrogen-bond donors (Lipinski definition) is 2. The molecular formula is C13H22N2O3. The van der Waals surface area contributed by atoms with Gasteiger partial charge in [-0.1, -0.05) is 13.8 Å². The summed E-state index contributed by atoms with van der Waals surface area (Å²) in [5.74, 6) is 0.114. The molecule has 0 aromatic heterocycles. The summed E-state index contributed by atoms with van der Waals surface area (Å²) in [6.45, 7) is 4.85. The summed E-state index contributed by atoms with van der Waals surface area (Å²) >= 11 is 0. The zero-order valence-corrected chi connectivity index (χ0v) is 11.1. The number of nitrogens with one attached hydrogen (secondary N) is 1. The third-order valence-electron chi connectivity index (χ3n) is 3.31. The zero-order chi connectivity index (χ0) is 13.6. The van der Waals surface area contributed by atoms with Crippen molar-refractivity contribution in [3.63, 3.8) is 0 Å². The van der Waals surface area contributed by atoms with Crippen molar-refractivity contribution in [1.29, 1.82) is 5.26 Å². The average Bonchev–Trinajstić information content (AvgIpc) is 2.38. The summed E-state index contributed by atoms with van der Waals surface area (Å²) in [5.41, 5.74) is -0.983. The fourth-order valence-electron chi connectivity index (χ4n) is 2.18. The van der Waals surface area contributed by atoms with Crippen LogP contribution in [-0.4, -0.2) is 36.9 Å². The number of nitrogens with zero attached hydrogens (tertiary/aromatic N) is 1. The molecule has 1 rings (SSSR count). The van der Waals surface area contributed by atoms with Gasteiger partial charge in [-0.15, -0.1) is 0 Å². The van der Waals surface area contributed by atoms with Crippen molar-refractivity contribution in [2.24, 2.45) is 11.3 Å². The maximum atomic E-state index is 12.2. The molecule has 0 bridgehead atoms. The number of carbonyl (C=O) groups excluding carboxylic acids is 1. The van der Waals surface area contributed by atoms with Gasteiger partial charge in [-0.3, -0.25) is 4.79 Å². The molecule has 5 nitrogen and oxygen atoms in total. The second kappa shape index (κ2) is 6.72. The van der Waals surface area contributed by atoms with Gasteiger partial charge in [-0.25, -0.2) is 0 Å². The first kappa shape index (κ1) is 14.9. The second-order valence-corrected chi connectivity index (χ2v) is 5.29. The van der Waals surface area contributed by atoms with Crippen molar-refractivity contribution < 1.29 is 14.6 Å². The Balaban J connectivity index is 2.64. The van der Waals surface area contributed by atoms with Crippen molar-refractivity contribution >= 4 is 5.91 Å². The predicted molar refractivity (Wildman–Crippen MR) is 66.6 cm³/mol. The lowest BCUT2D eigenvalue weighted by atomic mass is 9.80. The molecule has 2 N–H and O–H groups in total. The van der Waals surface area contributed by atoms with Crippen LogP contribution < -0.4 is 5.32 Å². The zero-order valence-electron chi connectivity index (χ0n) is 11.1. The highest BCUT2D eigenvalue weighted by molar-refractivity contribution is 5.85. The lowest BCUT2D eigenvalue weighted by molar-refractivity contribution is -0.133. The standard InChI is InChI=1S/C13H22N2O3/c1-10(2)7-11(8-16)15-12(17)13(9-14)3-5-18-6-4-13/h10-11,16H,3-8H2,1-2H3,(H,15,17). The Hall–Kier alpha value is -1.12. The Morgan fingerprint density at radius 3 is 2.56 bits per heavy atom. The maximum Gasteiger partial charge on any atom is 0.240 e. The van der Waals surface area contributed by atoms with Crippen LogP contribution in [0.3, 0.4) is 0 Å². The Morgan fingerprint density at radius 2 is 2.11 bits per heavy atom. The van der Waals surface area contributed by atoms with Crippen LogP contribution in [0.5, 0.6) is 0 Å². The van der Waals surface area contributed by atoms with Crippen LogP contribution in [0.2, 0.25) is 0 Å². The van der Waals surface area contributed by atoms with E-state index >= 15 is 0 Å². The summed E-state index contributed by atoms with van der Waals surface area (Å²) in [7, 11) is 0. The minimum absolute atomic E-state index is 0.0953. The minimum Gasteiger partial charge on any atom is -0.394 e. The van der Waals surface area contributed by atoms with Gasteiger partial charge in [0.15, 0.2) is 0 Å². The SMILES string of the molecule is CC(C)CC(CO)NC(=O)C1(C#N)CCOCC1. The topological polar surface area (TPSA) is 82.4 Å². The third-order valence-corrected chi connectivity index (χ3v) is 3.31. The Kier molecular flexibility index (Phi) is 5.57. The fraction of sp³-hybridized carbons (Fsp3) is 0.846. The highest BCUT2D eigenvalue weighted by Crippen LogP contribution is 2.30. The van der Waals surface area contributed by atoms with Gasteiger partial charge in [0.25, 0.3) is 0 Å². The molecule has 0 spiro atoms. The van der Waals surface area contributed by atoms with Crippen LogP contribution in [0.1, 0.15) is 33.1 Å². The van der Waals surface area contributed by atoms with E-state index in [0.717, 1.165) is 0 Å². The van der Waals surface area contributed by atoms with E-state index in [1.807, 2.05) is 13.8 Å². The average molecular weight is 254 g/mol. The number of ether oxygens (including phenoxy) is 1. The van der Waals surface area contributed by atoms with Crippen molar-refractivity contribution in [2.75, 3.05) is 19.8 Å². The highest BCUT2D eigenvalue weighted by atomic mass is 16.5. The molecule has 1 saturated heterocycles. The van der Waals surface area contributed by atoms with Gasteiger partial charge in [0.2, 0.25) is 5.91 Å². The van der Waals surface area contributed by atoms with E-state index in [-0.39, 0.29) is 18.6 Å². The molecule has 1 atom stereocenters. The van der Waals surface area contributed by atoms with Crippen molar-refractivity contribution in [1.82, 2.24) is 5.32 Å². The van der Waals surface area contributed by atoms with Gasteiger partial charge in [0, 0.05) is 13.2 Å². The number of carbonyl (C=O) groups is 1. The number of hydrogen-bond acceptors (Lipinski definition) is 4. The molecule has 5 heteroatoms. The van der Waals surface area contributed by atoms with E-state index in [4.69, 9.17) is 4.74 Å². The Bertz CT molecular complexity index is 317. The summed E-state index contributed by atoms with van der Waals surface area (Å²) < 4.78 is 5.19. The van der Waals surface area contributed by atoms with Crippen LogP contribution in [0.4, 0.5) is 0 Å². The number of rotatable bonds is 5. The van der Waals surface area contributed by atoms with Crippen LogP contribution in [0.15, 0.2) is 0 Å². The van der Waals surface area contributed by atoms with Gasteiger partial charge >= 0.3 is 0 Å². The molecule has 1 unspecified atom stereocenters. The van der Waals surface area contributed by atoms with Gasteiger partial charge in [-0.05, 0) is 25.2 Å². The molecule has 0 aromatic carbocycles. The van der Waals surface area contributed by atoms with Gasteiger partial charge in [0.1, 0.15) is 5.41 Å². The predicted octanol–water partition coefficient (Wildman–Crippen LogP) is 0.830. The van der Waals surface area contributed by atoms with E-state index in [1.165, 1.54) is 0 Å². The van der Waals surface area contributed by atoms with Crippen molar-refractivity contribution in [2.45, 2.75) is 39.2 Å². The molecule has 18 heavy (non-hydrogen) atoms. The van der Waals surface area contributed by atoms with Gasteiger partial charge in [-0.2, -0.15) is 5.26 Å². The molecule has 1 amide bonds. The molecule has 0 radical (unpaired) electrons. The highest BCUT2D eigenvalue weighted by Gasteiger charge is 2.41. The summed E-state index contributed by atoms with van der Waals surface area (Å²) in [5, 5.41) is 21.3. The fourth-order valence-corrected chi connectivity index (χ4v) is 2.18. The lowest BCUT2D eigenvalue weighted by Gasteiger charge is -2.31. The van der Waals surface area contributed by atoms with Crippen LogP contribution in [0.25, 0.3) is 0 Å². The minimum atomic E-state index is -0.983. The molecule has 0 saturated carbocycles. The molecule has 1 aliphatic rings. The van der Waals surface area contributed by atoms with Crippen LogP contribution >= 0.6 is 0 Å². The van der Waals surface area contributed by atoms with Crippen LogP contribution in [-0.2, 0) is 9.53 Å². The maximum absolute atomic E-state index is 12.2. The Labute approximate surface area is 108 Å². The number of amides is 1. The third kappa shape index (κ3) is 3.69. The van der Waals surface area contributed by atoms with Gasteiger partial charge < -0.3 is 15.2 Å². The largest absolute Gasteiger partial charge is 0.394 e. The van der Waals surface area contributed by atoms with Crippen LogP contribution in [0, 0.1) is 22.7 Å². The molecule has 0 aromatic rings. The van der Waals surface area contributed by atoms with Crippen molar-refractivity contribution in [3.05, 3.63) is 0 Å². The molecule has 1 aliphatic heterocycles. The number of aliphatic hydroxyl groups is 1. The molecule has 102 valence electrons. The quantitative estimate of drug-likeness (QED) is 0.761. The molecule has 1 fully saturated rings.